The molecule has 1 aliphatic heterocycles. The number of nitrogen functional groups attached to an aromatic ring is 1. The highest BCUT2D eigenvalue weighted by molar-refractivity contribution is 6.39. The molecule has 2 rings (SSSR count). The topological polar surface area (TPSA) is 144 Å². The highest BCUT2D eigenvalue weighted by Gasteiger charge is 2.49. The molecule has 0 bridgehead atoms. The van der Waals surface area contributed by atoms with Crippen LogP contribution in [-0.4, -0.2) is 69.3 Å². The van der Waals surface area contributed by atoms with E-state index in [9.17, 15) is 20.1 Å². The highest BCUT2D eigenvalue weighted by atomic mass is 16.6. The van der Waals surface area contributed by atoms with E-state index in [1.165, 1.54) is 15.7 Å². The molecule has 102 valence electrons. The number of ether oxygens (including phenoxy) is 1. The first-order valence-corrected chi connectivity index (χ1v) is 5.66. The lowest BCUT2D eigenvalue weighted by Gasteiger charge is -2.27. The summed E-state index contributed by atoms with van der Waals surface area (Å²) in [5, 5.41) is 28.2. The zero-order valence-corrected chi connectivity index (χ0v) is 10.5. The molecular weight excluding hydrogens is 254 g/mol. The zero-order chi connectivity index (χ0) is 14.4. The van der Waals surface area contributed by atoms with E-state index < -0.39 is 35.6 Å². The minimum Gasteiger partial charge on any atom is -0.405 e. The fourth-order valence-corrected chi connectivity index (χ4v) is 2.00. The van der Waals surface area contributed by atoms with E-state index in [4.69, 9.17) is 10.5 Å². The van der Waals surface area contributed by atoms with Gasteiger partial charge in [-0.15, -0.1) is 0 Å². The number of nitrogens with two attached hydrogens (primary N) is 1. The number of hydrogen-bond donors (Lipinski definition) is 4. The summed E-state index contributed by atoms with van der Waals surface area (Å²) in [5.41, 5.74) is 4.49. The summed E-state index contributed by atoms with van der Waals surface area (Å²) in [7, 11) is 2.86. The van der Waals surface area contributed by atoms with Crippen LogP contribution in [0.15, 0.2) is 11.1 Å². The molecule has 0 radical (unpaired) electrons. The van der Waals surface area contributed by atoms with Gasteiger partial charge in [-0.2, -0.15) is 4.98 Å². The van der Waals surface area contributed by atoms with E-state index in [1.54, 1.807) is 0 Å². The molecule has 19 heavy (non-hydrogen) atoms. The molecule has 4 atom stereocenters. The van der Waals surface area contributed by atoms with E-state index in [1.807, 2.05) is 0 Å². The van der Waals surface area contributed by atoms with Gasteiger partial charge in [0.1, 0.15) is 40.3 Å². The van der Waals surface area contributed by atoms with Gasteiger partial charge in [0.15, 0.2) is 6.23 Å². The van der Waals surface area contributed by atoms with Crippen LogP contribution in [-0.2, 0) is 4.74 Å². The van der Waals surface area contributed by atoms with Crippen molar-refractivity contribution in [2.24, 2.45) is 0 Å². The summed E-state index contributed by atoms with van der Waals surface area (Å²) in [6, 6.07) is 0. The monoisotopic (exact) mass is 268 g/mol. The number of hydrogen-bond acceptors (Lipinski definition) is 8. The predicted octanol–water partition coefficient (Wildman–Crippen LogP) is -5.25. The van der Waals surface area contributed by atoms with E-state index >= 15 is 0 Å². The molecule has 0 aromatic carbocycles. The second-order valence-corrected chi connectivity index (χ2v) is 4.99. The minimum atomic E-state index is -1.39. The molecule has 11 heteroatoms. The fourth-order valence-electron chi connectivity index (χ4n) is 2.00. The Balaban J connectivity index is 2.34. The number of nitrogens with zero attached hydrogens (tertiary/aromatic N) is 3. The van der Waals surface area contributed by atoms with E-state index in [-0.39, 0.29) is 5.95 Å². The van der Waals surface area contributed by atoms with Crippen molar-refractivity contribution in [3.05, 3.63) is 16.8 Å². The molecule has 5 N–H and O–H groups in total. The number of aliphatic hydroxyl groups is 3. The lowest BCUT2D eigenvalue weighted by atomic mass is 9.61. The second kappa shape index (κ2) is 4.60. The third-order valence-electron chi connectivity index (χ3n) is 2.95. The Morgan fingerprint density at radius 1 is 1.42 bits per heavy atom. The fraction of sp³-hybridized carbons (Fsp3) is 0.625. The molecule has 9 nitrogen and oxygen atoms in total. The molecule has 0 amide bonds. The van der Waals surface area contributed by atoms with E-state index in [0.717, 1.165) is 10.9 Å². The maximum absolute atomic E-state index is 11.6. The second-order valence-electron chi connectivity index (χ2n) is 4.99. The van der Waals surface area contributed by atoms with Gasteiger partial charge in [0.2, 0.25) is 5.95 Å². The van der Waals surface area contributed by atoms with Crippen molar-refractivity contribution >= 4 is 21.6 Å². The number of anilines is 1. The maximum atomic E-state index is 11.6. The number of aromatic nitrogens is 3. The molecule has 4 unspecified atom stereocenters. The first-order valence-electron chi connectivity index (χ1n) is 5.66. The normalized spacial score (nSPS) is 31.5. The van der Waals surface area contributed by atoms with Crippen LogP contribution < -0.4 is 11.4 Å². The van der Waals surface area contributed by atoms with Gasteiger partial charge in [0.25, 0.3) is 0 Å². The van der Waals surface area contributed by atoms with Crippen molar-refractivity contribution in [1.82, 2.24) is 14.5 Å². The SMILES string of the molecule is BC(B)(O)C1OC(n2cnc(N)nc2=O)C(O)C1O. The van der Waals surface area contributed by atoms with E-state index in [0.29, 0.717) is 0 Å². The molecule has 1 aliphatic rings. The smallest absolute Gasteiger partial charge is 0.354 e. The van der Waals surface area contributed by atoms with Crippen LogP contribution >= 0.6 is 0 Å². The Kier molecular flexibility index (Phi) is 3.39. The largest absolute Gasteiger partial charge is 0.405 e. The van der Waals surface area contributed by atoms with Gasteiger partial charge in [-0.05, 0) is 0 Å². The molecule has 1 fully saturated rings. The van der Waals surface area contributed by atoms with Gasteiger partial charge in [-0.1, -0.05) is 0 Å². The van der Waals surface area contributed by atoms with Gasteiger partial charge in [-0.3, -0.25) is 4.57 Å². The van der Waals surface area contributed by atoms with Crippen LogP contribution in [0.2, 0.25) is 0 Å². The Hall–Kier alpha value is -1.42. The van der Waals surface area contributed by atoms with Gasteiger partial charge in [0.05, 0.1) is 0 Å². The van der Waals surface area contributed by atoms with Crippen molar-refractivity contribution < 1.29 is 20.1 Å². The molecule has 1 aromatic heterocycles. The average molecular weight is 268 g/mol. The van der Waals surface area contributed by atoms with Crippen molar-refractivity contribution in [2.45, 2.75) is 29.9 Å². The molecule has 0 spiro atoms. The van der Waals surface area contributed by atoms with E-state index in [2.05, 4.69) is 9.97 Å². The Morgan fingerprint density at radius 2 is 2.05 bits per heavy atom. The third-order valence-corrected chi connectivity index (χ3v) is 2.95. The third kappa shape index (κ3) is 2.50. The summed E-state index contributed by atoms with van der Waals surface area (Å²) in [6.45, 7) is 0. The zero-order valence-electron chi connectivity index (χ0n) is 10.5. The van der Waals surface area contributed by atoms with Crippen LogP contribution in [0.1, 0.15) is 6.23 Å². The molecule has 0 saturated carbocycles. The van der Waals surface area contributed by atoms with Crippen molar-refractivity contribution in [1.29, 1.82) is 0 Å². The van der Waals surface area contributed by atoms with Crippen LogP contribution in [0.5, 0.6) is 0 Å². The molecule has 1 aromatic rings. The number of aliphatic hydroxyl groups excluding tert-OH is 2. The average Bonchev–Trinajstić information content (AvgIpc) is 2.56. The summed E-state index contributed by atoms with van der Waals surface area (Å²) in [4.78, 5) is 18.7. The summed E-state index contributed by atoms with van der Waals surface area (Å²) in [5.74, 6) is -0.201. The first-order chi connectivity index (χ1) is 8.71. The maximum Gasteiger partial charge on any atom is 0.354 e. The highest BCUT2D eigenvalue weighted by Crippen LogP contribution is 2.31. The van der Waals surface area contributed by atoms with Gasteiger partial charge < -0.3 is 25.8 Å². The molecule has 1 saturated heterocycles. The van der Waals surface area contributed by atoms with Crippen molar-refractivity contribution in [3.63, 3.8) is 0 Å². The minimum absolute atomic E-state index is 0.201. The molecule has 0 aliphatic carbocycles. The van der Waals surface area contributed by atoms with Crippen molar-refractivity contribution in [2.75, 3.05) is 5.73 Å². The van der Waals surface area contributed by atoms with Crippen LogP contribution in [0.4, 0.5) is 5.95 Å². The summed E-state index contributed by atoms with van der Waals surface area (Å²) in [6.07, 6.45) is -3.88. The van der Waals surface area contributed by atoms with Gasteiger partial charge in [0, 0.05) is 5.40 Å². The number of rotatable bonds is 2. The quantitative estimate of drug-likeness (QED) is 0.389. The Morgan fingerprint density at radius 3 is 2.53 bits per heavy atom. The lowest BCUT2D eigenvalue weighted by Crippen LogP contribution is -2.50. The van der Waals surface area contributed by atoms with Gasteiger partial charge in [-0.25, -0.2) is 9.78 Å². The lowest BCUT2D eigenvalue weighted by molar-refractivity contribution is -0.0770. The summed E-state index contributed by atoms with van der Waals surface area (Å²) >= 11 is 0. The van der Waals surface area contributed by atoms with Crippen LogP contribution in [0.25, 0.3) is 0 Å². The Labute approximate surface area is 109 Å². The van der Waals surface area contributed by atoms with Crippen LogP contribution in [0, 0.1) is 0 Å². The predicted molar refractivity (Wildman–Crippen MR) is 68.7 cm³/mol. The molecule has 2 heterocycles. The summed E-state index contributed by atoms with van der Waals surface area (Å²) < 4.78 is 6.26. The van der Waals surface area contributed by atoms with Crippen molar-refractivity contribution in [3.8, 4) is 0 Å². The van der Waals surface area contributed by atoms with Gasteiger partial charge >= 0.3 is 5.69 Å². The van der Waals surface area contributed by atoms with Crippen LogP contribution in [0.3, 0.4) is 0 Å². The molecular formula is C8H14B2N4O5. The first kappa shape index (κ1) is 14.0. The standard InChI is InChI=1S/C8H14B2N4O5/c9-8(10,18)4-2(15)3(16)5(19-4)14-1-12-6(11)13-7(14)17/h1-5,15-16,18H,9-10H2,(H2,11,13,17). The Bertz CT molecular complexity index is 533.